The molecule has 0 unspecified atom stereocenters. The third-order valence-electron chi connectivity index (χ3n) is 1.95. The molecule has 0 radical (unpaired) electrons. The minimum Gasteiger partial charge on any atom is -0.352 e. The SMILES string of the molecule is CC(C)CNC(=O)c1ccc(Br)c(F)c1F. The van der Waals surface area contributed by atoms with E-state index in [0.717, 1.165) is 0 Å². The fraction of sp³-hybridized carbons (Fsp3) is 0.364. The zero-order valence-corrected chi connectivity index (χ0v) is 10.6. The maximum absolute atomic E-state index is 13.4. The molecule has 0 aromatic heterocycles. The van der Waals surface area contributed by atoms with Crippen molar-refractivity contribution in [2.45, 2.75) is 13.8 Å². The monoisotopic (exact) mass is 291 g/mol. The quantitative estimate of drug-likeness (QED) is 0.852. The summed E-state index contributed by atoms with van der Waals surface area (Å²) in [6.45, 7) is 4.26. The highest BCUT2D eigenvalue weighted by Crippen LogP contribution is 2.20. The van der Waals surface area contributed by atoms with Crippen LogP contribution in [-0.4, -0.2) is 12.5 Å². The lowest BCUT2D eigenvalue weighted by Crippen LogP contribution is -2.28. The highest BCUT2D eigenvalue weighted by molar-refractivity contribution is 9.10. The number of hydrogen-bond donors (Lipinski definition) is 1. The first-order chi connectivity index (χ1) is 7.43. The molecule has 0 saturated carbocycles. The zero-order chi connectivity index (χ0) is 12.3. The molecule has 0 aliphatic heterocycles. The predicted molar refractivity (Wildman–Crippen MR) is 61.2 cm³/mol. The molecule has 0 heterocycles. The fourth-order valence-electron chi connectivity index (χ4n) is 1.09. The van der Waals surface area contributed by atoms with Crippen molar-refractivity contribution < 1.29 is 13.6 Å². The summed E-state index contributed by atoms with van der Waals surface area (Å²) in [6, 6.07) is 2.56. The Balaban J connectivity index is 2.88. The van der Waals surface area contributed by atoms with E-state index in [4.69, 9.17) is 0 Å². The number of halogens is 3. The number of carbonyl (C=O) groups is 1. The fourth-order valence-corrected chi connectivity index (χ4v) is 1.40. The molecule has 1 N–H and O–H groups in total. The second kappa shape index (κ2) is 5.39. The van der Waals surface area contributed by atoms with E-state index in [1.807, 2.05) is 13.8 Å². The molecule has 1 aromatic carbocycles. The third-order valence-corrected chi connectivity index (χ3v) is 2.56. The van der Waals surface area contributed by atoms with Crippen molar-refractivity contribution in [1.82, 2.24) is 5.32 Å². The van der Waals surface area contributed by atoms with Crippen LogP contribution in [0.1, 0.15) is 24.2 Å². The minimum atomic E-state index is -1.13. The van der Waals surface area contributed by atoms with Crippen molar-refractivity contribution in [3.8, 4) is 0 Å². The summed E-state index contributed by atoms with van der Waals surface area (Å²) in [5.74, 6) is -2.52. The number of hydrogen-bond acceptors (Lipinski definition) is 1. The molecule has 0 bridgehead atoms. The summed E-state index contributed by atoms with van der Waals surface area (Å²) >= 11 is 2.84. The molecule has 1 rings (SSSR count). The Kier molecular flexibility index (Phi) is 4.41. The van der Waals surface area contributed by atoms with Crippen LogP contribution in [0.25, 0.3) is 0 Å². The Morgan fingerprint density at radius 2 is 2.00 bits per heavy atom. The highest BCUT2D eigenvalue weighted by Gasteiger charge is 2.17. The van der Waals surface area contributed by atoms with Gasteiger partial charge in [0, 0.05) is 6.54 Å². The van der Waals surface area contributed by atoms with Gasteiger partial charge < -0.3 is 5.32 Å². The molecule has 0 fully saturated rings. The summed E-state index contributed by atoms with van der Waals surface area (Å²) in [4.78, 5) is 11.5. The molecule has 0 aliphatic carbocycles. The summed E-state index contributed by atoms with van der Waals surface area (Å²) in [5, 5.41) is 2.52. The number of benzene rings is 1. The van der Waals surface area contributed by atoms with E-state index in [0.29, 0.717) is 6.54 Å². The molecule has 0 atom stereocenters. The molecular formula is C11H12BrF2NO. The van der Waals surface area contributed by atoms with E-state index in [2.05, 4.69) is 21.2 Å². The van der Waals surface area contributed by atoms with Crippen LogP contribution in [-0.2, 0) is 0 Å². The van der Waals surface area contributed by atoms with Gasteiger partial charge in [0.2, 0.25) is 0 Å². The molecule has 0 saturated heterocycles. The van der Waals surface area contributed by atoms with Gasteiger partial charge in [-0.25, -0.2) is 8.78 Å². The average molecular weight is 292 g/mol. The standard InChI is InChI=1S/C11H12BrF2NO/c1-6(2)5-15-11(16)7-3-4-8(12)10(14)9(7)13/h3-4,6H,5H2,1-2H3,(H,15,16). The van der Waals surface area contributed by atoms with E-state index in [9.17, 15) is 13.6 Å². The maximum Gasteiger partial charge on any atom is 0.254 e. The normalized spacial score (nSPS) is 10.6. The van der Waals surface area contributed by atoms with Gasteiger partial charge in [0.1, 0.15) is 0 Å². The van der Waals surface area contributed by atoms with Crippen LogP contribution in [0.2, 0.25) is 0 Å². The van der Waals surface area contributed by atoms with Gasteiger partial charge in [0.05, 0.1) is 10.0 Å². The molecule has 1 amide bonds. The lowest BCUT2D eigenvalue weighted by Gasteiger charge is -2.08. The third kappa shape index (κ3) is 3.01. The van der Waals surface area contributed by atoms with Crippen LogP contribution in [0, 0.1) is 17.6 Å². The van der Waals surface area contributed by atoms with Crippen molar-refractivity contribution in [2.75, 3.05) is 6.54 Å². The highest BCUT2D eigenvalue weighted by atomic mass is 79.9. The van der Waals surface area contributed by atoms with Crippen LogP contribution in [0.5, 0.6) is 0 Å². The molecule has 5 heteroatoms. The number of amides is 1. The summed E-state index contributed by atoms with van der Waals surface area (Å²) < 4.78 is 26.5. The van der Waals surface area contributed by atoms with Crippen molar-refractivity contribution in [2.24, 2.45) is 5.92 Å². The summed E-state index contributed by atoms with van der Waals surface area (Å²) in [7, 11) is 0. The molecule has 0 aliphatic rings. The first-order valence-corrected chi connectivity index (χ1v) is 5.64. The number of rotatable bonds is 3. The van der Waals surface area contributed by atoms with E-state index < -0.39 is 17.5 Å². The van der Waals surface area contributed by atoms with Gasteiger partial charge in [-0.3, -0.25) is 4.79 Å². The lowest BCUT2D eigenvalue weighted by molar-refractivity contribution is 0.0944. The molecule has 1 aromatic rings. The second-order valence-corrected chi connectivity index (χ2v) is 4.68. The van der Waals surface area contributed by atoms with E-state index in [1.165, 1.54) is 12.1 Å². The zero-order valence-electron chi connectivity index (χ0n) is 8.98. The molecule has 2 nitrogen and oxygen atoms in total. The van der Waals surface area contributed by atoms with Crippen molar-refractivity contribution >= 4 is 21.8 Å². The van der Waals surface area contributed by atoms with Gasteiger partial charge in [0.25, 0.3) is 5.91 Å². The largest absolute Gasteiger partial charge is 0.352 e. The molecule has 88 valence electrons. The minimum absolute atomic E-state index is 0.00501. The van der Waals surface area contributed by atoms with Gasteiger partial charge in [0.15, 0.2) is 11.6 Å². The van der Waals surface area contributed by atoms with Crippen LogP contribution >= 0.6 is 15.9 Å². The maximum atomic E-state index is 13.4. The first kappa shape index (κ1) is 13.1. The van der Waals surface area contributed by atoms with Gasteiger partial charge in [-0.2, -0.15) is 0 Å². The van der Waals surface area contributed by atoms with Gasteiger partial charge in [-0.1, -0.05) is 13.8 Å². The summed E-state index contributed by atoms with van der Waals surface area (Å²) in [5.41, 5.74) is -0.277. The molecule has 16 heavy (non-hydrogen) atoms. The van der Waals surface area contributed by atoms with E-state index in [1.54, 1.807) is 0 Å². The second-order valence-electron chi connectivity index (χ2n) is 3.83. The Morgan fingerprint density at radius 3 is 2.56 bits per heavy atom. The van der Waals surface area contributed by atoms with Crippen LogP contribution < -0.4 is 5.32 Å². The van der Waals surface area contributed by atoms with Gasteiger partial charge >= 0.3 is 0 Å². The van der Waals surface area contributed by atoms with E-state index >= 15 is 0 Å². The van der Waals surface area contributed by atoms with Crippen molar-refractivity contribution in [3.63, 3.8) is 0 Å². The van der Waals surface area contributed by atoms with Crippen LogP contribution in [0.4, 0.5) is 8.78 Å². The topological polar surface area (TPSA) is 29.1 Å². The Labute approximate surface area is 101 Å². The van der Waals surface area contributed by atoms with Crippen LogP contribution in [0.3, 0.4) is 0 Å². The van der Waals surface area contributed by atoms with Crippen molar-refractivity contribution in [1.29, 1.82) is 0 Å². The Hall–Kier alpha value is -0.970. The Bertz CT molecular complexity index is 407. The summed E-state index contributed by atoms with van der Waals surface area (Å²) in [6.07, 6.45) is 0. The number of carbonyl (C=O) groups excluding carboxylic acids is 1. The molecular weight excluding hydrogens is 280 g/mol. The predicted octanol–water partition coefficient (Wildman–Crippen LogP) is 3.11. The average Bonchev–Trinajstić information content (AvgIpc) is 2.23. The van der Waals surface area contributed by atoms with Crippen molar-refractivity contribution in [3.05, 3.63) is 33.8 Å². The molecule has 0 spiro atoms. The lowest BCUT2D eigenvalue weighted by atomic mass is 10.1. The smallest absolute Gasteiger partial charge is 0.254 e. The Morgan fingerprint density at radius 1 is 1.38 bits per heavy atom. The van der Waals surface area contributed by atoms with Crippen LogP contribution in [0.15, 0.2) is 16.6 Å². The van der Waals surface area contributed by atoms with Gasteiger partial charge in [-0.05, 0) is 34.0 Å². The first-order valence-electron chi connectivity index (χ1n) is 4.85. The van der Waals surface area contributed by atoms with Gasteiger partial charge in [-0.15, -0.1) is 0 Å². The number of nitrogens with one attached hydrogen (secondary N) is 1. The van der Waals surface area contributed by atoms with E-state index in [-0.39, 0.29) is 16.0 Å².